The lowest BCUT2D eigenvalue weighted by molar-refractivity contribution is 0.446. The highest BCUT2D eigenvalue weighted by atomic mass is 32.1. The molecule has 3 nitrogen and oxygen atoms in total. The number of thiazole rings is 1. The Morgan fingerprint density at radius 3 is 2.68 bits per heavy atom. The van der Waals surface area contributed by atoms with Gasteiger partial charge in [-0.15, -0.1) is 11.3 Å². The van der Waals surface area contributed by atoms with E-state index in [0.29, 0.717) is 6.04 Å². The van der Waals surface area contributed by atoms with Gasteiger partial charge in [0.05, 0.1) is 0 Å². The Morgan fingerprint density at radius 2 is 2.11 bits per heavy atom. The van der Waals surface area contributed by atoms with Crippen LogP contribution in [-0.2, 0) is 6.54 Å². The molecule has 1 aromatic rings. The van der Waals surface area contributed by atoms with Gasteiger partial charge < -0.3 is 10.2 Å². The third-order valence-corrected chi connectivity index (χ3v) is 5.01. The number of hydrogen-bond donors (Lipinski definition) is 1. The molecule has 1 aliphatic carbocycles. The fraction of sp³-hybridized carbons (Fsp3) is 0.800. The van der Waals surface area contributed by atoms with Crippen LogP contribution in [0.25, 0.3) is 0 Å². The van der Waals surface area contributed by atoms with Crippen LogP contribution in [0.15, 0.2) is 6.20 Å². The van der Waals surface area contributed by atoms with Gasteiger partial charge >= 0.3 is 0 Å². The van der Waals surface area contributed by atoms with E-state index in [4.69, 9.17) is 0 Å². The average Bonchev–Trinajstić information content (AvgIpc) is 3.13. The molecule has 0 saturated heterocycles. The summed E-state index contributed by atoms with van der Waals surface area (Å²) in [5, 5.41) is 4.86. The molecular formula is C15H27N3S. The summed E-state index contributed by atoms with van der Waals surface area (Å²) >= 11 is 1.83. The summed E-state index contributed by atoms with van der Waals surface area (Å²) in [6, 6.07) is 0.687. The fourth-order valence-electron chi connectivity index (χ4n) is 2.41. The van der Waals surface area contributed by atoms with Gasteiger partial charge in [-0.1, -0.05) is 19.8 Å². The molecule has 1 unspecified atom stereocenters. The number of aromatic nitrogens is 1. The lowest BCUT2D eigenvalue weighted by Crippen LogP contribution is -2.28. The molecule has 0 bridgehead atoms. The molecule has 0 aliphatic heterocycles. The summed E-state index contributed by atoms with van der Waals surface area (Å²) < 4.78 is 0. The van der Waals surface area contributed by atoms with Crippen LogP contribution in [0, 0.1) is 5.92 Å². The van der Waals surface area contributed by atoms with Crippen molar-refractivity contribution in [2.24, 2.45) is 5.92 Å². The Morgan fingerprint density at radius 1 is 1.37 bits per heavy atom. The number of nitrogens with one attached hydrogen (secondary N) is 1. The predicted octanol–water partition coefficient (Wildman–Crippen LogP) is 3.66. The highest BCUT2D eigenvalue weighted by molar-refractivity contribution is 7.15. The average molecular weight is 281 g/mol. The van der Waals surface area contributed by atoms with Crippen LogP contribution in [0.1, 0.15) is 51.3 Å². The third kappa shape index (κ3) is 4.46. The maximum Gasteiger partial charge on any atom is 0.185 e. The van der Waals surface area contributed by atoms with E-state index in [9.17, 15) is 0 Å². The normalized spacial score (nSPS) is 16.6. The minimum Gasteiger partial charge on any atom is -0.349 e. The van der Waals surface area contributed by atoms with Gasteiger partial charge in [-0.25, -0.2) is 4.98 Å². The van der Waals surface area contributed by atoms with Crippen molar-refractivity contribution in [3.8, 4) is 0 Å². The summed E-state index contributed by atoms with van der Waals surface area (Å²) in [6.45, 7) is 9.71. The van der Waals surface area contributed by atoms with Gasteiger partial charge in [0.15, 0.2) is 5.13 Å². The van der Waals surface area contributed by atoms with Crippen LogP contribution in [0.2, 0.25) is 0 Å². The van der Waals surface area contributed by atoms with Gasteiger partial charge in [0, 0.05) is 36.8 Å². The largest absolute Gasteiger partial charge is 0.349 e. The molecule has 4 heteroatoms. The molecule has 1 N–H and O–H groups in total. The molecule has 0 radical (unpaired) electrons. The van der Waals surface area contributed by atoms with Crippen molar-refractivity contribution in [1.82, 2.24) is 10.3 Å². The smallest absolute Gasteiger partial charge is 0.185 e. The molecule has 1 heterocycles. The molecule has 19 heavy (non-hydrogen) atoms. The Bertz CT molecular complexity index is 369. The number of anilines is 1. The standard InChI is InChI=1S/C15H27N3S/c1-4-13(9-12-7-8-12)16-10-14-11-17-15(19-14)18(5-2)6-3/h11-13,16H,4-10H2,1-3H3. The lowest BCUT2D eigenvalue weighted by Gasteiger charge is -2.17. The molecule has 1 aliphatic rings. The zero-order valence-corrected chi connectivity index (χ0v) is 13.3. The molecule has 1 aromatic heterocycles. The molecule has 0 amide bonds. The Labute approximate surface area is 121 Å². The van der Waals surface area contributed by atoms with E-state index in [1.165, 1.54) is 30.6 Å². The molecule has 1 atom stereocenters. The van der Waals surface area contributed by atoms with Crippen molar-refractivity contribution in [3.05, 3.63) is 11.1 Å². The molecular weight excluding hydrogens is 254 g/mol. The van der Waals surface area contributed by atoms with E-state index in [1.807, 2.05) is 17.5 Å². The summed E-state index contributed by atoms with van der Waals surface area (Å²) in [6.07, 6.45) is 7.53. The van der Waals surface area contributed by atoms with E-state index >= 15 is 0 Å². The van der Waals surface area contributed by atoms with Crippen molar-refractivity contribution < 1.29 is 0 Å². The van der Waals surface area contributed by atoms with E-state index in [-0.39, 0.29) is 0 Å². The second kappa shape index (κ2) is 7.25. The number of nitrogens with zero attached hydrogens (tertiary/aromatic N) is 2. The number of hydrogen-bond acceptors (Lipinski definition) is 4. The SMILES string of the molecule is CCC(CC1CC1)NCc1cnc(N(CC)CC)s1. The van der Waals surface area contributed by atoms with Crippen molar-refractivity contribution in [2.75, 3.05) is 18.0 Å². The summed E-state index contributed by atoms with van der Waals surface area (Å²) in [4.78, 5) is 8.21. The molecule has 108 valence electrons. The maximum absolute atomic E-state index is 4.54. The lowest BCUT2D eigenvalue weighted by atomic mass is 10.1. The summed E-state index contributed by atoms with van der Waals surface area (Å²) in [7, 11) is 0. The number of rotatable bonds is 9. The zero-order chi connectivity index (χ0) is 13.7. The van der Waals surface area contributed by atoms with E-state index in [0.717, 1.165) is 30.7 Å². The van der Waals surface area contributed by atoms with Crippen molar-refractivity contribution >= 4 is 16.5 Å². The van der Waals surface area contributed by atoms with Crippen LogP contribution in [0.3, 0.4) is 0 Å². The zero-order valence-electron chi connectivity index (χ0n) is 12.5. The van der Waals surface area contributed by atoms with Gasteiger partial charge in [-0.3, -0.25) is 0 Å². The molecule has 1 saturated carbocycles. The quantitative estimate of drug-likeness (QED) is 0.749. The van der Waals surface area contributed by atoms with Crippen LogP contribution in [-0.4, -0.2) is 24.1 Å². The van der Waals surface area contributed by atoms with Crippen LogP contribution >= 0.6 is 11.3 Å². The molecule has 1 fully saturated rings. The topological polar surface area (TPSA) is 28.2 Å². The first kappa shape index (κ1) is 14.8. The van der Waals surface area contributed by atoms with Crippen molar-refractivity contribution in [1.29, 1.82) is 0 Å². The van der Waals surface area contributed by atoms with E-state index < -0.39 is 0 Å². The second-order valence-corrected chi connectivity index (χ2v) is 6.54. The minimum atomic E-state index is 0.687. The van der Waals surface area contributed by atoms with Crippen LogP contribution < -0.4 is 10.2 Å². The van der Waals surface area contributed by atoms with Gasteiger partial charge in [-0.05, 0) is 32.6 Å². The van der Waals surface area contributed by atoms with E-state index in [1.54, 1.807) is 0 Å². The Balaban J connectivity index is 1.81. The highest BCUT2D eigenvalue weighted by Crippen LogP contribution is 2.34. The van der Waals surface area contributed by atoms with Gasteiger partial charge in [0.1, 0.15) is 0 Å². The highest BCUT2D eigenvalue weighted by Gasteiger charge is 2.24. The first-order valence-electron chi connectivity index (χ1n) is 7.69. The monoisotopic (exact) mass is 281 g/mol. The van der Waals surface area contributed by atoms with E-state index in [2.05, 4.69) is 36.0 Å². The predicted molar refractivity (Wildman–Crippen MR) is 83.9 cm³/mol. The Hall–Kier alpha value is -0.610. The molecule has 0 spiro atoms. The van der Waals surface area contributed by atoms with Crippen LogP contribution in [0.5, 0.6) is 0 Å². The second-order valence-electron chi connectivity index (χ2n) is 5.45. The summed E-state index contributed by atoms with van der Waals surface area (Å²) in [5.74, 6) is 1.00. The third-order valence-electron chi connectivity index (χ3n) is 3.95. The van der Waals surface area contributed by atoms with Gasteiger partial charge in [0.25, 0.3) is 0 Å². The molecule has 2 rings (SSSR count). The Kier molecular flexibility index (Phi) is 5.64. The van der Waals surface area contributed by atoms with Crippen LogP contribution in [0.4, 0.5) is 5.13 Å². The van der Waals surface area contributed by atoms with Gasteiger partial charge in [-0.2, -0.15) is 0 Å². The fourth-order valence-corrected chi connectivity index (χ4v) is 3.40. The maximum atomic E-state index is 4.54. The minimum absolute atomic E-state index is 0.687. The van der Waals surface area contributed by atoms with Gasteiger partial charge in [0.2, 0.25) is 0 Å². The first-order valence-corrected chi connectivity index (χ1v) is 8.51. The summed E-state index contributed by atoms with van der Waals surface area (Å²) in [5.41, 5.74) is 0. The first-order chi connectivity index (χ1) is 9.26. The van der Waals surface area contributed by atoms with Crippen molar-refractivity contribution in [3.63, 3.8) is 0 Å². The van der Waals surface area contributed by atoms with Crippen molar-refractivity contribution in [2.45, 2.75) is 59.0 Å². The molecule has 0 aromatic carbocycles.